The number of unbranched alkanes of at least 4 members (excludes halogenated alkanes) is 3. The molecule has 34 heavy (non-hydrogen) atoms. The Balaban J connectivity index is 1.46. The van der Waals surface area contributed by atoms with Crippen molar-refractivity contribution in [3.05, 3.63) is 11.6 Å². The van der Waals surface area contributed by atoms with Gasteiger partial charge in [0.15, 0.2) is 0 Å². The Morgan fingerprint density at radius 3 is 2.65 bits per heavy atom. The molecule has 0 heterocycles. The maximum atomic E-state index is 12.3. The minimum atomic E-state index is -1.25. The van der Waals surface area contributed by atoms with E-state index in [2.05, 4.69) is 26.8 Å². The highest BCUT2D eigenvalue weighted by molar-refractivity contribution is 5.69. The van der Waals surface area contributed by atoms with E-state index in [0.717, 1.165) is 64.2 Å². The van der Waals surface area contributed by atoms with Crippen molar-refractivity contribution in [2.75, 3.05) is 6.61 Å². The molecule has 0 unspecified atom stereocenters. The van der Waals surface area contributed by atoms with Crippen LogP contribution in [0.15, 0.2) is 11.6 Å². The van der Waals surface area contributed by atoms with Crippen LogP contribution in [0.5, 0.6) is 0 Å². The number of ether oxygens (including phenoxy) is 1. The average molecular weight is 477 g/mol. The van der Waals surface area contributed by atoms with Crippen molar-refractivity contribution in [3.8, 4) is 0 Å². The summed E-state index contributed by atoms with van der Waals surface area (Å²) in [5, 5.41) is 33.6. The van der Waals surface area contributed by atoms with Gasteiger partial charge in [0.2, 0.25) is 0 Å². The molecule has 4 aliphatic carbocycles. The molecule has 3 fully saturated rings. The molecule has 4 aliphatic rings. The van der Waals surface area contributed by atoms with E-state index in [1.54, 1.807) is 0 Å². The monoisotopic (exact) mass is 476 g/mol. The molecule has 0 aliphatic heterocycles. The molecule has 4 rings (SSSR count). The van der Waals surface area contributed by atoms with E-state index in [1.807, 2.05) is 6.92 Å². The molecule has 0 saturated heterocycles. The van der Waals surface area contributed by atoms with Gasteiger partial charge >= 0.3 is 5.97 Å². The SMILES string of the molecule is CCCCCCC(=O)OC[C@@H](C)[C@@]1(O)[C@@H](O)C[C@H]2[C@@H]3CC=C4C[C@@H](O)CC[C@]4(C)[C@H]3CC[C@@]21C. The first-order chi connectivity index (χ1) is 16.1. The predicted octanol–water partition coefficient (Wildman–Crippen LogP) is 5.16. The molecule has 5 heteroatoms. The minimum absolute atomic E-state index is 0.133. The second-order valence-corrected chi connectivity index (χ2v) is 12.6. The lowest BCUT2D eigenvalue weighted by molar-refractivity contribution is -0.191. The van der Waals surface area contributed by atoms with Crippen LogP contribution in [0.3, 0.4) is 0 Å². The first-order valence-electron chi connectivity index (χ1n) is 14.0. The summed E-state index contributed by atoms with van der Waals surface area (Å²) >= 11 is 0. The van der Waals surface area contributed by atoms with Crippen molar-refractivity contribution >= 4 is 5.97 Å². The quantitative estimate of drug-likeness (QED) is 0.256. The number of aliphatic hydroxyl groups is 3. The molecule has 0 bridgehead atoms. The van der Waals surface area contributed by atoms with Gasteiger partial charge in [0, 0.05) is 17.8 Å². The van der Waals surface area contributed by atoms with Crippen molar-refractivity contribution in [2.45, 2.75) is 123 Å². The van der Waals surface area contributed by atoms with Gasteiger partial charge in [-0.05, 0) is 74.5 Å². The van der Waals surface area contributed by atoms with Crippen LogP contribution in [0, 0.1) is 34.5 Å². The van der Waals surface area contributed by atoms with Gasteiger partial charge in [0.1, 0.15) is 5.60 Å². The number of aliphatic hydroxyl groups excluding tert-OH is 2. The van der Waals surface area contributed by atoms with Crippen LogP contribution in [0.4, 0.5) is 0 Å². The highest BCUT2D eigenvalue weighted by Crippen LogP contribution is 2.68. The molecule has 0 aromatic heterocycles. The summed E-state index contributed by atoms with van der Waals surface area (Å²) in [4.78, 5) is 12.3. The first-order valence-corrected chi connectivity index (χ1v) is 14.0. The standard InChI is InChI=1S/C29H48O5/c1-5-6-7-8-9-26(32)34-18-19(2)29(33)25(31)17-24-22-11-10-20-16-21(30)12-14-27(20,3)23(22)13-15-28(24,29)4/h10,19,21-25,30-31,33H,5-9,11-18H2,1-4H3/t19-,21+,22-,23+,24+,25+,27+,28+,29-/m1/s1. The fourth-order valence-electron chi connectivity index (χ4n) is 8.70. The molecule has 194 valence electrons. The Kier molecular flexibility index (Phi) is 7.59. The molecular weight excluding hydrogens is 428 g/mol. The molecule has 3 N–H and O–H groups in total. The number of rotatable bonds is 8. The lowest BCUT2D eigenvalue weighted by atomic mass is 9.46. The van der Waals surface area contributed by atoms with Crippen molar-refractivity contribution in [1.29, 1.82) is 0 Å². The molecule has 3 saturated carbocycles. The Morgan fingerprint density at radius 2 is 1.91 bits per heavy atom. The lowest BCUT2D eigenvalue weighted by Gasteiger charge is -2.59. The Morgan fingerprint density at radius 1 is 1.15 bits per heavy atom. The number of fused-ring (bicyclic) bond motifs is 5. The lowest BCUT2D eigenvalue weighted by Crippen LogP contribution is -2.60. The van der Waals surface area contributed by atoms with Crippen molar-refractivity contribution in [1.82, 2.24) is 0 Å². The van der Waals surface area contributed by atoms with Crippen LogP contribution >= 0.6 is 0 Å². The van der Waals surface area contributed by atoms with Gasteiger partial charge in [-0.2, -0.15) is 0 Å². The number of carbonyl (C=O) groups excluding carboxylic acids is 1. The van der Waals surface area contributed by atoms with E-state index in [9.17, 15) is 20.1 Å². The molecule has 0 radical (unpaired) electrons. The first kappa shape index (κ1) is 26.2. The highest BCUT2D eigenvalue weighted by Gasteiger charge is 2.68. The topological polar surface area (TPSA) is 87.0 Å². The summed E-state index contributed by atoms with van der Waals surface area (Å²) < 4.78 is 5.59. The van der Waals surface area contributed by atoms with E-state index in [-0.39, 0.29) is 35.9 Å². The summed E-state index contributed by atoms with van der Waals surface area (Å²) in [7, 11) is 0. The highest BCUT2D eigenvalue weighted by atomic mass is 16.5. The number of allylic oxidation sites excluding steroid dienone is 1. The van der Waals surface area contributed by atoms with Gasteiger partial charge in [-0.25, -0.2) is 0 Å². The summed E-state index contributed by atoms with van der Waals surface area (Å²) in [5.41, 5.74) is -0.0763. The maximum absolute atomic E-state index is 12.3. The molecule has 0 amide bonds. The molecule has 5 nitrogen and oxygen atoms in total. The Labute approximate surface area is 206 Å². The van der Waals surface area contributed by atoms with Gasteiger partial charge in [-0.3, -0.25) is 4.79 Å². The zero-order chi connectivity index (χ0) is 24.7. The van der Waals surface area contributed by atoms with Gasteiger partial charge < -0.3 is 20.1 Å². The third kappa shape index (κ3) is 4.18. The fourth-order valence-corrected chi connectivity index (χ4v) is 8.70. The number of hydrogen-bond donors (Lipinski definition) is 3. The summed E-state index contributed by atoms with van der Waals surface area (Å²) in [6.07, 6.45) is 12.2. The summed E-state index contributed by atoms with van der Waals surface area (Å²) in [6, 6.07) is 0. The maximum Gasteiger partial charge on any atom is 0.305 e. The van der Waals surface area contributed by atoms with Gasteiger partial charge in [-0.1, -0.05) is 58.6 Å². The Hall–Kier alpha value is -0.910. The number of carbonyl (C=O) groups is 1. The number of hydrogen-bond acceptors (Lipinski definition) is 5. The molecule has 0 aromatic carbocycles. The van der Waals surface area contributed by atoms with Gasteiger partial charge in [0.05, 0.1) is 18.8 Å². The van der Waals surface area contributed by atoms with Crippen molar-refractivity contribution < 1.29 is 24.9 Å². The largest absolute Gasteiger partial charge is 0.465 e. The summed E-state index contributed by atoms with van der Waals surface area (Å²) in [5.74, 6) is 0.731. The molecular formula is C29H48O5. The zero-order valence-corrected chi connectivity index (χ0v) is 21.9. The van der Waals surface area contributed by atoms with E-state index < -0.39 is 17.1 Å². The zero-order valence-electron chi connectivity index (χ0n) is 21.9. The Bertz CT molecular complexity index is 778. The third-order valence-corrected chi connectivity index (χ3v) is 10.8. The van der Waals surface area contributed by atoms with Crippen LogP contribution in [-0.2, 0) is 9.53 Å². The molecule has 9 atom stereocenters. The van der Waals surface area contributed by atoms with Crippen molar-refractivity contribution in [3.63, 3.8) is 0 Å². The van der Waals surface area contributed by atoms with Crippen LogP contribution in [0.2, 0.25) is 0 Å². The van der Waals surface area contributed by atoms with Crippen LogP contribution in [0.1, 0.15) is 105 Å². The number of esters is 1. The van der Waals surface area contributed by atoms with Crippen LogP contribution < -0.4 is 0 Å². The minimum Gasteiger partial charge on any atom is -0.465 e. The molecule has 0 aromatic rings. The van der Waals surface area contributed by atoms with Crippen LogP contribution in [-0.4, -0.2) is 45.7 Å². The van der Waals surface area contributed by atoms with E-state index in [0.29, 0.717) is 24.7 Å². The fraction of sp³-hybridized carbons (Fsp3) is 0.897. The summed E-state index contributed by atoms with van der Waals surface area (Å²) in [6.45, 7) is 8.83. The van der Waals surface area contributed by atoms with Gasteiger partial charge in [-0.15, -0.1) is 0 Å². The van der Waals surface area contributed by atoms with E-state index in [1.165, 1.54) is 5.57 Å². The normalized spacial score (nSPS) is 44.4. The van der Waals surface area contributed by atoms with E-state index in [4.69, 9.17) is 4.74 Å². The third-order valence-electron chi connectivity index (χ3n) is 10.8. The van der Waals surface area contributed by atoms with Crippen LogP contribution in [0.25, 0.3) is 0 Å². The van der Waals surface area contributed by atoms with Crippen molar-refractivity contribution in [2.24, 2.45) is 34.5 Å². The van der Waals surface area contributed by atoms with Gasteiger partial charge in [0.25, 0.3) is 0 Å². The average Bonchev–Trinajstić information content (AvgIpc) is 3.02. The molecule has 0 spiro atoms. The van der Waals surface area contributed by atoms with E-state index >= 15 is 0 Å². The second kappa shape index (κ2) is 9.86. The second-order valence-electron chi connectivity index (χ2n) is 12.6. The predicted molar refractivity (Wildman–Crippen MR) is 133 cm³/mol. The smallest absolute Gasteiger partial charge is 0.305 e.